The number of piperazine rings is 1. The Morgan fingerprint density at radius 2 is 1.79 bits per heavy atom. The van der Waals surface area contributed by atoms with Gasteiger partial charge in [-0.05, 0) is 6.07 Å². The summed E-state index contributed by atoms with van der Waals surface area (Å²) in [6.45, 7) is 4.25. The average Bonchev–Trinajstić information content (AvgIpc) is 2.43. The second-order valence-corrected chi connectivity index (χ2v) is 4.60. The van der Waals surface area contributed by atoms with Gasteiger partial charge in [-0.25, -0.2) is 4.39 Å². The molecule has 0 spiro atoms. The van der Waals surface area contributed by atoms with Crippen molar-refractivity contribution in [2.24, 2.45) is 0 Å². The normalized spacial score (nSPS) is 16.8. The zero-order valence-corrected chi connectivity index (χ0v) is 10.6. The van der Waals surface area contributed by atoms with E-state index in [1.165, 1.54) is 6.07 Å². The van der Waals surface area contributed by atoms with Gasteiger partial charge in [0.2, 0.25) is 0 Å². The number of rotatable bonds is 3. The van der Waals surface area contributed by atoms with Crippen LogP contribution in [0.1, 0.15) is 11.1 Å². The molecule has 0 saturated carbocycles. The summed E-state index contributed by atoms with van der Waals surface area (Å²) >= 11 is 0. The van der Waals surface area contributed by atoms with Crippen molar-refractivity contribution in [1.82, 2.24) is 9.80 Å². The minimum atomic E-state index is -0.413. The van der Waals surface area contributed by atoms with Crippen molar-refractivity contribution < 1.29 is 4.39 Å². The van der Waals surface area contributed by atoms with Gasteiger partial charge in [0.05, 0.1) is 18.2 Å². The lowest BCUT2D eigenvalue weighted by Gasteiger charge is -2.33. The molecule has 0 bridgehead atoms. The molecule has 0 amide bonds. The first kappa shape index (κ1) is 13.5. The zero-order valence-electron chi connectivity index (χ0n) is 10.6. The van der Waals surface area contributed by atoms with Gasteiger partial charge in [0.1, 0.15) is 11.9 Å². The maximum absolute atomic E-state index is 13.9. The lowest BCUT2D eigenvalue weighted by atomic mass is 10.1. The SMILES string of the molecule is N#CCN1CCN(Cc2cccc(C#N)c2F)CC1. The van der Waals surface area contributed by atoms with Crippen LogP contribution in [0.3, 0.4) is 0 Å². The third-order valence-electron chi connectivity index (χ3n) is 3.35. The lowest BCUT2D eigenvalue weighted by Crippen LogP contribution is -2.45. The van der Waals surface area contributed by atoms with Crippen molar-refractivity contribution in [2.75, 3.05) is 32.7 Å². The van der Waals surface area contributed by atoms with Crippen LogP contribution in [0.5, 0.6) is 0 Å². The molecule has 1 aromatic carbocycles. The third-order valence-corrected chi connectivity index (χ3v) is 3.35. The largest absolute Gasteiger partial charge is 0.296 e. The maximum Gasteiger partial charge on any atom is 0.145 e. The quantitative estimate of drug-likeness (QED) is 0.768. The van der Waals surface area contributed by atoms with Crippen LogP contribution in [-0.4, -0.2) is 42.5 Å². The van der Waals surface area contributed by atoms with Crippen molar-refractivity contribution in [3.05, 3.63) is 35.1 Å². The topological polar surface area (TPSA) is 54.1 Å². The Morgan fingerprint density at radius 1 is 1.11 bits per heavy atom. The molecule has 1 aromatic rings. The molecule has 2 rings (SSSR count). The van der Waals surface area contributed by atoms with Gasteiger partial charge in [0, 0.05) is 38.3 Å². The van der Waals surface area contributed by atoms with E-state index >= 15 is 0 Å². The van der Waals surface area contributed by atoms with E-state index < -0.39 is 5.82 Å². The molecule has 0 atom stereocenters. The minimum Gasteiger partial charge on any atom is -0.296 e. The first-order chi connectivity index (χ1) is 9.24. The Hall–Kier alpha value is -1.95. The van der Waals surface area contributed by atoms with Gasteiger partial charge in [-0.3, -0.25) is 9.80 Å². The predicted molar refractivity (Wildman–Crippen MR) is 68.4 cm³/mol. The number of halogens is 1. The van der Waals surface area contributed by atoms with Crippen molar-refractivity contribution in [1.29, 1.82) is 10.5 Å². The van der Waals surface area contributed by atoms with Crippen LogP contribution < -0.4 is 0 Å². The van der Waals surface area contributed by atoms with Crippen LogP contribution in [-0.2, 0) is 6.54 Å². The van der Waals surface area contributed by atoms with Crippen LogP contribution in [0.25, 0.3) is 0 Å². The fraction of sp³-hybridized carbons (Fsp3) is 0.429. The highest BCUT2D eigenvalue weighted by atomic mass is 19.1. The Morgan fingerprint density at radius 3 is 2.42 bits per heavy atom. The number of benzene rings is 1. The van der Waals surface area contributed by atoms with E-state index in [0.717, 1.165) is 26.2 Å². The van der Waals surface area contributed by atoms with E-state index in [4.69, 9.17) is 10.5 Å². The molecule has 4 nitrogen and oxygen atoms in total. The molecule has 5 heteroatoms. The van der Waals surface area contributed by atoms with E-state index in [2.05, 4.69) is 15.9 Å². The number of nitrogens with zero attached hydrogens (tertiary/aromatic N) is 4. The average molecular weight is 258 g/mol. The molecule has 0 unspecified atom stereocenters. The molecular formula is C14H15FN4. The lowest BCUT2D eigenvalue weighted by molar-refractivity contribution is 0.137. The summed E-state index contributed by atoms with van der Waals surface area (Å²) in [6.07, 6.45) is 0. The molecule has 0 radical (unpaired) electrons. The fourth-order valence-electron chi connectivity index (χ4n) is 2.23. The highest BCUT2D eigenvalue weighted by molar-refractivity contribution is 5.34. The van der Waals surface area contributed by atoms with Gasteiger partial charge < -0.3 is 0 Å². The molecular weight excluding hydrogens is 243 g/mol. The summed E-state index contributed by atoms with van der Waals surface area (Å²) < 4.78 is 13.9. The minimum absolute atomic E-state index is 0.0978. The standard InChI is InChI=1S/C14H15FN4/c15-14-12(10-17)2-1-3-13(14)11-19-8-6-18(5-4-16)7-9-19/h1-3H,5-9,11H2. The molecule has 1 aliphatic heterocycles. The van der Waals surface area contributed by atoms with Gasteiger partial charge in [-0.2, -0.15) is 10.5 Å². The Bertz CT molecular complexity index is 521. The van der Waals surface area contributed by atoms with Crippen molar-refractivity contribution in [3.8, 4) is 12.1 Å². The summed E-state index contributed by atoms with van der Waals surface area (Å²) in [5, 5.41) is 17.4. The Kier molecular flexibility index (Phi) is 4.46. The van der Waals surface area contributed by atoms with Gasteiger partial charge in [0.25, 0.3) is 0 Å². The summed E-state index contributed by atoms with van der Waals surface area (Å²) in [7, 11) is 0. The second-order valence-electron chi connectivity index (χ2n) is 4.60. The third kappa shape index (κ3) is 3.29. The van der Waals surface area contributed by atoms with Gasteiger partial charge in [-0.1, -0.05) is 12.1 Å². The first-order valence-corrected chi connectivity index (χ1v) is 6.23. The van der Waals surface area contributed by atoms with Crippen LogP contribution in [0, 0.1) is 28.5 Å². The van der Waals surface area contributed by atoms with Gasteiger partial charge in [-0.15, -0.1) is 0 Å². The molecule has 0 aromatic heterocycles. The summed E-state index contributed by atoms with van der Waals surface area (Å²) in [4.78, 5) is 4.23. The molecule has 98 valence electrons. The van der Waals surface area contributed by atoms with E-state index in [-0.39, 0.29) is 5.56 Å². The zero-order chi connectivity index (χ0) is 13.7. The predicted octanol–water partition coefficient (Wildman–Crippen LogP) is 1.34. The summed E-state index contributed by atoms with van der Waals surface area (Å²) in [5.74, 6) is -0.413. The van der Waals surface area contributed by atoms with Crippen molar-refractivity contribution in [2.45, 2.75) is 6.54 Å². The number of hydrogen-bond acceptors (Lipinski definition) is 4. The van der Waals surface area contributed by atoms with Gasteiger partial charge in [0.15, 0.2) is 0 Å². The van der Waals surface area contributed by atoms with Crippen LogP contribution in [0.15, 0.2) is 18.2 Å². The highest BCUT2D eigenvalue weighted by Gasteiger charge is 2.18. The first-order valence-electron chi connectivity index (χ1n) is 6.23. The molecule has 1 saturated heterocycles. The fourth-order valence-corrected chi connectivity index (χ4v) is 2.23. The molecule has 1 heterocycles. The summed E-state index contributed by atoms with van der Waals surface area (Å²) in [5.41, 5.74) is 0.661. The summed E-state index contributed by atoms with van der Waals surface area (Å²) in [6, 6.07) is 8.92. The smallest absolute Gasteiger partial charge is 0.145 e. The number of nitriles is 2. The Balaban J connectivity index is 1.97. The monoisotopic (exact) mass is 258 g/mol. The molecule has 1 aliphatic rings. The van der Waals surface area contributed by atoms with Crippen LogP contribution >= 0.6 is 0 Å². The molecule has 1 fully saturated rings. The van der Waals surface area contributed by atoms with Crippen LogP contribution in [0.4, 0.5) is 4.39 Å². The van der Waals surface area contributed by atoms with Crippen LogP contribution in [0.2, 0.25) is 0 Å². The maximum atomic E-state index is 13.9. The van der Waals surface area contributed by atoms with Crippen molar-refractivity contribution >= 4 is 0 Å². The molecule has 0 aliphatic carbocycles. The van der Waals surface area contributed by atoms with E-state index in [9.17, 15) is 4.39 Å². The number of hydrogen-bond donors (Lipinski definition) is 0. The second kappa shape index (κ2) is 6.29. The Labute approximate surface area is 112 Å². The molecule has 19 heavy (non-hydrogen) atoms. The van der Waals surface area contributed by atoms with E-state index in [0.29, 0.717) is 18.7 Å². The highest BCUT2D eigenvalue weighted by Crippen LogP contribution is 2.15. The van der Waals surface area contributed by atoms with Gasteiger partial charge >= 0.3 is 0 Å². The molecule has 0 N–H and O–H groups in total. The van der Waals surface area contributed by atoms with E-state index in [1.807, 2.05) is 6.07 Å². The van der Waals surface area contributed by atoms with Crippen molar-refractivity contribution in [3.63, 3.8) is 0 Å². The van der Waals surface area contributed by atoms with E-state index in [1.54, 1.807) is 12.1 Å².